The first kappa shape index (κ1) is 17.1. The summed E-state index contributed by atoms with van der Waals surface area (Å²) in [7, 11) is 0. The van der Waals surface area contributed by atoms with Crippen molar-refractivity contribution in [1.29, 1.82) is 0 Å². The van der Waals surface area contributed by atoms with Crippen molar-refractivity contribution in [3.05, 3.63) is 34.9 Å². The Labute approximate surface area is 141 Å². The van der Waals surface area contributed by atoms with Crippen molar-refractivity contribution in [2.45, 2.75) is 6.92 Å². The highest BCUT2D eigenvalue weighted by molar-refractivity contribution is 7.80. The van der Waals surface area contributed by atoms with Crippen LogP contribution in [0, 0.1) is 0 Å². The summed E-state index contributed by atoms with van der Waals surface area (Å²) in [5.74, 6) is 0. The monoisotopic (exact) mass is 341 g/mol. The summed E-state index contributed by atoms with van der Waals surface area (Å²) in [4.78, 5) is 1.54. The van der Waals surface area contributed by atoms with Gasteiger partial charge < -0.3 is 15.0 Å². The summed E-state index contributed by atoms with van der Waals surface area (Å²) in [5.41, 5.74) is 4.56. The molecule has 1 fully saturated rings. The average molecular weight is 342 g/mol. The summed E-state index contributed by atoms with van der Waals surface area (Å²) < 4.78 is 5.34. The van der Waals surface area contributed by atoms with Crippen LogP contribution in [0.4, 0.5) is 0 Å². The van der Waals surface area contributed by atoms with Gasteiger partial charge in [0.05, 0.1) is 32.0 Å². The molecule has 0 atom stereocenters. The molecule has 1 aromatic carbocycles. The van der Waals surface area contributed by atoms with E-state index in [2.05, 4.69) is 15.8 Å². The van der Waals surface area contributed by atoms with Gasteiger partial charge in [0.15, 0.2) is 5.11 Å². The van der Waals surface area contributed by atoms with Crippen LogP contribution in [0.5, 0.6) is 0 Å². The number of hydrazone groups is 1. The van der Waals surface area contributed by atoms with Crippen LogP contribution in [0.3, 0.4) is 0 Å². The van der Waals surface area contributed by atoms with E-state index in [0.29, 0.717) is 10.1 Å². The molecule has 0 aromatic heterocycles. The topological polar surface area (TPSA) is 50.1 Å². The van der Waals surface area contributed by atoms with Crippen LogP contribution in [0.2, 0.25) is 5.02 Å². The number of ether oxygens (including phenoxy) is 1. The minimum Gasteiger partial charge on any atom is -0.370 e. The summed E-state index contributed by atoms with van der Waals surface area (Å²) >= 11 is 11.4. The molecule has 3 N–H and O–H groups in total. The second-order valence-corrected chi connectivity index (χ2v) is 5.97. The Morgan fingerprint density at radius 2 is 2.09 bits per heavy atom. The van der Waals surface area contributed by atoms with E-state index in [1.165, 1.54) is 4.90 Å². The number of nitrogens with one attached hydrogen (secondary N) is 3. The van der Waals surface area contributed by atoms with E-state index in [4.69, 9.17) is 28.6 Å². The Kier molecular flexibility index (Phi) is 7.05. The highest BCUT2D eigenvalue weighted by Crippen LogP contribution is 2.15. The van der Waals surface area contributed by atoms with Crippen LogP contribution >= 0.6 is 23.8 Å². The summed E-state index contributed by atoms with van der Waals surface area (Å²) in [6.07, 6.45) is 0. The molecule has 5 nitrogen and oxygen atoms in total. The number of thiocarbonyl (C=S) groups is 1. The maximum Gasteiger partial charge on any atom is 0.187 e. The van der Waals surface area contributed by atoms with Gasteiger partial charge in [-0.2, -0.15) is 5.10 Å². The van der Waals surface area contributed by atoms with Crippen LogP contribution in [-0.2, 0) is 4.74 Å². The van der Waals surface area contributed by atoms with Crippen molar-refractivity contribution in [3.63, 3.8) is 0 Å². The third-order valence-electron chi connectivity index (χ3n) is 3.55. The zero-order valence-electron chi connectivity index (χ0n) is 12.7. The first-order chi connectivity index (χ1) is 10.7. The lowest BCUT2D eigenvalue weighted by atomic mass is 10.1. The number of morpholine rings is 1. The Hall–Kier alpha value is -1.21. The van der Waals surface area contributed by atoms with Crippen LogP contribution in [-0.4, -0.2) is 50.2 Å². The molecule has 0 saturated carbocycles. The molecule has 1 aliphatic heterocycles. The van der Waals surface area contributed by atoms with Crippen molar-refractivity contribution in [2.75, 3.05) is 39.4 Å². The quantitative estimate of drug-likeness (QED) is 0.413. The largest absolute Gasteiger partial charge is 0.370 e. The fraction of sp³-hybridized carbons (Fsp3) is 0.467. The average Bonchev–Trinajstić information content (AvgIpc) is 2.54. The van der Waals surface area contributed by atoms with E-state index >= 15 is 0 Å². The fourth-order valence-electron chi connectivity index (χ4n) is 2.25. The smallest absolute Gasteiger partial charge is 0.187 e. The third-order valence-corrected chi connectivity index (χ3v) is 4.12. The lowest BCUT2D eigenvalue weighted by Gasteiger charge is -2.23. The van der Waals surface area contributed by atoms with Gasteiger partial charge in [-0.25, -0.2) is 0 Å². The van der Waals surface area contributed by atoms with E-state index in [1.807, 2.05) is 31.2 Å². The first-order valence-corrected chi connectivity index (χ1v) is 8.20. The maximum absolute atomic E-state index is 6.13. The molecule has 120 valence electrons. The molecule has 2 rings (SSSR count). The minimum absolute atomic E-state index is 0.527. The van der Waals surface area contributed by atoms with Gasteiger partial charge >= 0.3 is 0 Å². The molecule has 0 amide bonds. The van der Waals surface area contributed by atoms with E-state index in [1.54, 1.807) is 0 Å². The zero-order valence-corrected chi connectivity index (χ0v) is 14.3. The molecule has 0 bridgehead atoms. The fourth-order valence-corrected chi connectivity index (χ4v) is 2.67. The maximum atomic E-state index is 6.13. The third kappa shape index (κ3) is 5.53. The van der Waals surface area contributed by atoms with Crippen LogP contribution in [0.1, 0.15) is 12.5 Å². The van der Waals surface area contributed by atoms with Crippen molar-refractivity contribution in [2.24, 2.45) is 5.10 Å². The van der Waals surface area contributed by atoms with Crippen LogP contribution < -0.4 is 15.6 Å². The van der Waals surface area contributed by atoms with E-state index in [-0.39, 0.29) is 0 Å². The minimum atomic E-state index is 0.527. The highest BCUT2D eigenvalue weighted by atomic mass is 35.5. The number of halogens is 1. The Bertz CT molecular complexity index is 532. The summed E-state index contributed by atoms with van der Waals surface area (Å²) in [6.45, 7) is 7.56. The molecule has 1 aromatic rings. The Morgan fingerprint density at radius 1 is 1.36 bits per heavy atom. The second-order valence-electron chi connectivity index (χ2n) is 5.16. The molecule has 1 heterocycles. The summed E-state index contributed by atoms with van der Waals surface area (Å²) in [5, 5.41) is 8.65. The summed E-state index contributed by atoms with van der Waals surface area (Å²) in [6, 6.07) is 7.60. The molecule has 1 saturated heterocycles. The standard InChI is InChI=1S/C15H21ClN4OS/c1-12(13-4-2-3-5-14(13)16)18-19-15(22)17-6-7-20-8-10-21-11-9-20/h2-5H,6-11H2,1H3,(H2,17,19,22)/p+1/b18-12-. The molecule has 0 radical (unpaired) electrons. The normalized spacial score (nSPS) is 16.4. The molecule has 0 spiro atoms. The van der Waals surface area contributed by atoms with Gasteiger partial charge in [-0.15, -0.1) is 0 Å². The van der Waals surface area contributed by atoms with Crippen LogP contribution in [0.15, 0.2) is 29.4 Å². The van der Waals surface area contributed by atoms with Gasteiger partial charge in [-0.3, -0.25) is 5.43 Å². The van der Waals surface area contributed by atoms with Crippen molar-refractivity contribution < 1.29 is 9.64 Å². The second kappa shape index (κ2) is 9.05. The first-order valence-electron chi connectivity index (χ1n) is 7.41. The molecular formula is C15H22ClN4OS+. The Morgan fingerprint density at radius 3 is 2.82 bits per heavy atom. The number of hydrogen-bond acceptors (Lipinski definition) is 3. The lowest BCUT2D eigenvalue weighted by molar-refractivity contribution is -0.906. The molecule has 1 aliphatic rings. The van der Waals surface area contributed by atoms with Gasteiger partial charge in [0.1, 0.15) is 13.1 Å². The zero-order chi connectivity index (χ0) is 15.8. The van der Waals surface area contributed by atoms with Gasteiger partial charge in [-0.1, -0.05) is 29.8 Å². The number of benzene rings is 1. The molecular weight excluding hydrogens is 320 g/mol. The predicted octanol–water partition coefficient (Wildman–Crippen LogP) is 0.443. The van der Waals surface area contributed by atoms with E-state index < -0.39 is 0 Å². The number of nitrogens with zero attached hydrogens (tertiary/aromatic N) is 1. The SMILES string of the molecule is C/C(=N/NC(=S)NCC[NH+]1CCOCC1)c1ccccc1Cl. The van der Waals surface area contributed by atoms with Crippen LogP contribution in [0.25, 0.3) is 0 Å². The van der Waals surface area contributed by atoms with Crippen molar-refractivity contribution >= 4 is 34.6 Å². The van der Waals surface area contributed by atoms with E-state index in [9.17, 15) is 0 Å². The van der Waals surface area contributed by atoms with E-state index in [0.717, 1.165) is 50.7 Å². The number of hydrogen-bond donors (Lipinski definition) is 3. The van der Waals surface area contributed by atoms with Gasteiger partial charge in [0, 0.05) is 10.6 Å². The molecule has 7 heteroatoms. The van der Waals surface area contributed by atoms with Gasteiger partial charge in [0.25, 0.3) is 0 Å². The molecule has 0 unspecified atom stereocenters. The predicted molar refractivity (Wildman–Crippen MR) is 93.8 cm³/mol. The number of rotatable bonds is 5. The molecule has 0 aliphatic carbocycles. The molecule has 22 heavy (non-hydrogen) atoms. The van der Waals surface area contributed by atoms with Gasteiger partial charge in [0.2, 0.25) is 0 Å². The Balaban J connectivity index is 1.72. The number of quaternary nitrogens is 1. The van der Waals surface area contributed by atoms with Crippen molar-refractivity contribution in [1.82, 2.24) is 10.7 Å². The van der Waals surface area contributed by atoms with Gasteiger partial charge in [-0.05, 0) is 25.2 Å². The van der Waals surface area contributed by atoms with Crippen molar-refractivity contribution in [3.8, 4) is 0 Å². The highest BCUT2D eigenvalue weighted by Gasteiger charge is 2.12. The lowest BCUT2D eigenvalue weighted by Crippen LogP contribution is -3.14.